The average Bonchev–Trinajstić information content (AvgIpc) is 1.98. The van der Waals surface area contributed by atoms with Crippen molar-refractivity contribution in [2.24, 2.45) is 0 Å². The maximum atomic E-state index is 11.5. The van der Waals surface area contributed by atoms with E-state index in [1.165, 1.54) is 5.57 Å². The van der Waals surface area contributed by atoms with Gasteiger partial charge in [-0.2, -0.15) is 0 Å². The second kappa shape index (κ2) is 6.69. The molecule has 0 atom stereocenters. The van der Waals surface area contributed by atoms with Crippen LogP contribution in [0.4, 0.5) is 0 Å². The standard InChI is InChI=1S/C13H25NO2/c1-11(2)8-7-9-14(6)10-12(15)16-13(3,4)5/h8H,7,9-10H2,1-6H3. The predicted octanol–water partition coefficient (Wildman–Crippen LogP) is 2.62. The van der Waals surface area contributed by atoms with Gasteiger partial charge in [-0.15, -0.1) is 0 Å². The number of carbonyl (C=O) groups is 1. The van der Waals surface area contributed by atoms with Crippen LogP contribution in [0.5, 0.6) is 0 Å². The largest absolute Gasteiger partial charge is 0.459 e. The molecule has 0 rings (SSSR count). The molecule has 0 N–H and O–H groups in total. The molecule has 0 aliphatic carbocycles. The number of hydrogen-bond acceptors (Lipinski definition) is 3. The summed E-state index contributed by atoms with van der Waals surface area (Å²) in [7, 11) is 1.93. The van der Waals surface area contributed by atoms with Gasteiger partial charge in [0.25, 0.3) is 0 Å². The number of likely N-dealkylation sites (N-methyl/N-ethyl adjacent to an activating group) is 1. The zero-order valence-electron chi connectivity index (χ0n) is 11.5. The van der Waals surface area contributed by atoms with Crippen molar-refractivity contribution >= 4 is 5.97 Å². The highest BCUT2D eigenvalue weighted by atomic mass is 16.6. The van der Waals surface area contributed by atoms with Gasteiger partial charge in [0.05, 0.1) is 6.54 Å². The zero-order chi connectivity index (χ0) is 12.8. The van der Waals surface area contributed by atoms with Gasteiger partial charge in [-0.05, 0) is 48.1 Å². The van der Waals surface area contributed by atoms with E-state index in [0.717, 1.165) is 13.0 Å². The first-order valence-corrected chi connectivity index (χ1v) is 5.74. The lowest BCUT2D eigenvalue weighted by Gasteiger charge is -2.22. The molecule has 0 aromatic heterocycles. The first-order valence-electron chi connectivity index (χ1n) is 5.74. The molecule has 0 heterocycles. The lowest BCUT2D eigenvalue weighted by molar-refractivity contribution is -0.155. The summed E-state index contributed by atoms with van der Waals surface area (Å²) in [4.78, 5) is 13.5. The number of rotatable bonds is 5. The van der Waals surface area contributed by atoms with E-state index in [1.807, 2.05) is 32.7 Å². The topological polar surface area (TPSA) is 29.5 Å². The average molecular weight is 227 g/mol. The van der Waals surface area contributed by atoms with E-state index in [2.05, 4.69) is 19.9 Å². The van der Waals surface area contributed by atoms with Crippen LogP contribution in [0.15, 0.2) is 11.6 Å². The van der Waals surface area contributed by atoms with E-state index in [9.17, 15) is 4.79 Å². The number of esters is 1. The zero-order valence-corrected chi connectivity index (χ0v) is 11.5. The van der Waals surface area contributed by atoms with Crippen molar-refractivity contribution in [3.8, 4) is 0 Å². The highest BCUT2D eigenvalue weighted by Gasteiger charge is 2.17. The Morgan fingerprint density at radius 1 is 1.31 bits per heavy atom. The highest BCUT2D eigenvalue weighted by Crippen LogP contribution is 2.07. The molecular formula is C13H25NO2. The van der Waals surface area contributed by atoms with E-state index in [-0.39, 0.29) is 5.97 Å². The molecular weight excluding hydrogens is 202 g/mol. The lowest BCUT2D eigenvalue weighted by atomic mass is 10.2. The van der Waals surface area contributed by atoms with Crippen molar-refractivity contribution in [3.63, 3.8) is 0 Å². The van der Waals surface area contributed by atoms with Crippen LogP contribution in [0.3, 0.4) is 0 Å². The van der Waals surface area contributed by atoms with Crippen LogP contribution in [0.25, 0.3) is 0 Å². The third-order valence-electron chi connectivity index (χ3n) is 1.88. The van der Waals surface area contributed by atoms with Gasteiger partial charge in [-0.25, -0.2) is 0 Å². The molecule has 0 amide bonds. The Hall–Kier alpha value is -0.830. The van der Waals surface area contributed by atoms with E-state index < -0.39 is 5.60 Å². The maximum absolute atomic E-state index is 11.5. The Kier molecular flexibility index (Phi) is 6.34. The van der Waals surface area contributed by atoms with Crippen molar-refractivity contribution in [3.05, 3.63) is 11.6 Å². The Morgan fingerprint density at radius 3 is 2.31 bits per heavy atom. The summed E-state index contributed by atoms with van der Waals surface area (Å²) in [6.07, 6.45) is 3.15. The minimum absolute atomic E-state index is 0.160. The first-order chi connectivity index (χ1) is 7.20. The third-order valence-corrected chi connectivity index (χ3v) is 1.88. The van der Waals surface area contributed by atoms with Crippen molar-refractivity contribution < 1.29 is 9.53 Å². The normalized spacial score (nSPS) is 11.4. The van der Waals surface area contributed by atoms with Crippen LogP contribution in [0.1, 0.15) is 41.0 Å². The van der Waals surface area contributed by atoms with E-state index >= 15 is 0 Å². The molecule has 0 aliphatic rings. The van der Waals surface area contributed by atoms with Crippen molar-refractivity contribution in [2.45, 2.75) is 46.6 Å². The minimum Gasteiger partial charge on any atom is -0.459 e. The molecule has 0 unspecified atom stereocenters. The van der Waals surface area contributed by atoms with Crippen LogP contribution in [0.2, 0.25) is 0 Å². The van der Waals surface area contributed by atoms with E-state index in [1.54, 1.807) is 0 Å². The molecule has 0 saturated carbocycles. The summed E-state index contributed by atoms with van der Waals surface area (Å²) in [5.41, 5.74) is 0.920. The van der Waals surface area contributed by atoms with Gasteiger partial charge in [0, 0.05) is 6.54 Å². The van der Waals surface area contributed by atoms with Crippen LogP contribution in [-0.4, -0.2) is 36.6 Å². The molecule has 0 aliphatic heterocycles. The summed E-state index contributed by atoms with van der Waals surface area (Å²) in [5.74, 6) is -0.160. The van der Waals surface area contributed by atoms with Gasteiger partial charge in [-0.1, -0.05) is 11.6 Å². The lowest BCUT2D eigenvalue weighted by Crippen LogP contribution is -2.33. The van der Waals surface area contributed by atoms with Gasteiger partial charge >= 0.3 is 5.97 Å². The van der Waals surface area contributed by atoms with Gasteiger partial charge in [-0.3, -0.25) is 9.69 Å². The fraction of sp³-hybridized carbons (Fsp3) is 0.769. The van der Waals surface area contributed by atoms with Gasteiger partial charge in [0.15, 0.2) is 0 Å². The Balaban J connectivity index is 3.83. The molecule has 94 valence electrons. The number of allylic oxidation sites excluding steroid dienone is 1. The molecule has 0 aromatic rings. The molecule has 0 aromatic carbocycles. The van der Waals surface area contributed by atoms with Gasteiger partial charge in [0.2, 0.25) is 0 Å². The summed E-state index contributed by atoms with van der Waals surface area (Å²) < 4.78 is 5.24. The first kappa shape index (κ1) is 15.2. The van der Waals surface area contributed by atoms with Crippen molar-refractivity contribution in [1.29, 1.82) is 0 Å². The summed E-state index contributed by atoms with van der Waals surface area (Å²) >= 11 is 0. The molecule has 0 saturated heterocycles. The van der Waals surface area contributed by atoms with Crippen molar-refractivity contribution in [1.82, 2.24) is 4.90 Å². The van der Waals surface area contributed by atoms with Crippen LogP contribution in [0, 0.1) is 0 Å². The summed E-state index contributed by atoms with van der Waals surface area (Å²) in [6, 6.07) is 0. The van der Waals surface area contributed by atoms with E-state index in [4.69, 9.17) is 4.74 Å². The fourth-order valence-electron chi connectivity index (χ4n) is 1.25. The SMILES string of the molecule is CC(C)=CCCN(C)CC(=O)OC(C)(C)C. The number of nitrogens with zero attached hydrogens (tertiary/aromatic N) is 1. The fourth-order valence-corrected chi connectivity index (χ4v) is 1.25. The summed E-state index contributed by atoms with van der Waals surface area (Å²) in [5, 5.41) is 0. The molecule has 0 spiro atoms. The smallest absolute Gasteiger partial charge is 0.320 e. The monoisotopic (exact) mass is 227 g/mol. The predicted molar refractivity (Wildman–Crippen MR) is 67.4 cm³/mol. The highest BCUT2D eigenvalue weighted by molar-refractivity contribution is 5.72. The molecule has 16 heavy (non-hydrogen) atoms. The Bertz CT molecular complexity index is 247. The quantitative estimate of drug-likeness (QED) is 0.534. The Labute approximate surface area is 99.5 Å². The second-order valence-corrected chi connectivity index (χ2v) is 5.39. The van der Waals surface area contributed by atoms with Gasteiger partial charge < -0.3 is 4.74 Å². The number of carbonyl (C=O) groups excluding carboxylic acids is 1. The Morgan fingerprint density at radius 2 is 1.88 bits per heavy atom. The van der Waals surface area contributed by atoms with E-state index in [0.29, 0.717) is 6.54 Å². The van der Waals surface area contributed by atoms with Crippen molar-refractivity contribution in [2.75, 3.05) is 20.1 Å². The number of ether oxygens (including phenoxy) is 1. The van der Waals surface area contributed by atoms with Crippen LogP contribution in [-0.2, 0) is 9.53 Å². The summed E-state index contributed by atoms with van der Waals surface area (Å²) in [6.45, 7) is 11.0. The van der Waals surface area contributed by atoms with Crippen LogP contribution >= 0.6 is 0 Å². The molecule has 0 bridgehead atoms. The number of hydrogen-bond donors (Lipinski definition) is 0. The van der Waals surface area contributed by atoms with Gasteiger partial charge in [0.1, 0.15) is 5.60 Å². The molecule has 0 radical (unpaired) electrons. The molecule has 0 fully saturated rings. The molecule has 3 heteroatoms. The molecule has 3 nitrogen and oxygen atoms in total. The minimum atomic E-state index is -0.391. The van der Waals surface area contributed by atoms with Crippen LogP contribution < -0.4 is 0 Å². The third kappa shape index (κ3) is 9.71. The second-order valence-electron chi connectivity index (χ2n) is 5.39. The maximum Gasteiger partial charge on any atom is 0.320 e.